The molecular weight excluding hydrogens is 269 g/mol. The van der Waals surface area contributed by atoms with E-state index in [1.807, 2.05) is 6.92 Å². The van der Waals surface area contributed by atoms with Crippen molar-refractivity contribution in [2.45, 2.75) is 13.3 Å². The molecule has 0 amide bonds. The highest BCUT2D eigenvalue weighted by Gasteiger charge is 2.19. The summed E-state index contributed by atoms with van der Waals surface area (Å²) in [4.78, 5) is 10.8. The highest BCUT2D eigenvalue weighted by atomic mass is 35.5. The van der Waals surface area contributed by atoms with E-state index in [9.17, 15) is 13.4 Å². The molecule has 0 aliphatic heterocycles. The van der Waals surface area contributed by atoms with Crippen molar-refractivity contribution in [1.82, 2.24) is 0 Å². The normalized spacial score (nSPS) is 12.2. The first-order valence-electron chi connectivity index (χ1n) is 4.83. The van der Waals surface area contributed by atoms with Crippen LogP contribution >= 0.6 is 11.6 Å². The van der Waals surface area contributed by atoms with Crippen LogP contribution in [0, 0.1) is 5.82 Å². The van der Waals surface area contributed by atoms with E-state index in [-0.39, 0.29) is 10.7 Å². The molecule has 7 heteroatoms. The van der Waals surface area contributed by atoms with Gasteiger partial charge in [-0.15, -0.1) is 0 Å². The van der Waals surface area contributed by atoms with Crippen LogP contribution in [0.2, 0.25) is 5.02 Å². The van der Waals surface area contributed by atoms with Crippen LogP contribution in [0.3, 0.4) is 0 Å². The van der Waals surface area contributed by atoms with Gasteiger partial charge in [-0.1, -0.05) is 18.5 Å². The Kier molecular flexibility index (Phi) is 4.89. The SMILES string of the molecule is CCCS(=O)Nc1ccc(Cl)c(C(=O)O)c1F. The number of aromatic carboxylic acids is 1. The maximum absolute atomic E-state index is 13.7. The monoisotopic (exact) mass is 279 g/mol. The molecule has 0 heterocycles. The molecule has 0 radical (unpaired) electrons. The molecule has 1 unspecified atom stereocenters. The van der Waals surface area contributed by atoms with Crippen LogP contribution in [-0.2, 0) is 11.0 Å². The minimum atomic E-state index is -1.46. The number of halogens is 2. The number of carbonyl (C=O) groups is 1. The number of nitrogens with one attached hydrogen (secondary N) is 1. The second-order valence-electron chi connectivity index (χ2n) is 3.24. The number of carboxylic acids is 1. The second-order valence-corrected chi connectivity index (χ2v) is 4.95. The Hall–Kier alpha value is -1.14. The first kappa shape index (κ1) is 13.9. The van der Waals surface area contributed by atoms with Crippen molar-refractivity contribution in [2.75, 3.05) is 10.5 Å². The summed E-state index contributed by atoms with van der Waals surface area (Å²) >= 11 is 5.57. The highest BCUT2D eigenvalue weighted by molar-refractivity contribution is 7.86. The van der Waals surface area contributed by atoms with E-state index >= 15 is 0 Å². The van der Waals surface area contributed by atoms with Gasteiger partial charge in [0.05, 0.1) is 10.7 Å². The quantitative estimate of drug-likeness (QED) is 0.871. The van der Waals surface area contributed by atoms with Crippen LogP contribution in [-0.4, -0.2) is 21.0 Å². The van der Waals surface area contributed by atoms with Crippen LogP contribution < -0.4 is 4.72 Å². The Labute approximate surface area is 105 Å². The molecule has 0 aromatic heterocycles. The lowest BCUT2D eigenvalue weighted by Gasteiger charge is -2.09. The van der Waals surface area contributed by atoms with Gasteiger partial charge in [0, 0.05) is 5.75 Å². The van der Waals surface area contributed by atoms with Crippen LogP contribution in [0.25, 0.3) is 0 Å². The van der Waals surface area contributed by atoms with Gasteiger partial charge in [0.25, 0.3) is 0 Å². The number of hydrogen-bond acceptors (Lipinski definition) is 2. The summed E-state index contributed by atoms with van der Waals surface area (Å²) < 4.78 is 27.5. The predicted octanol–water partition coefficient (Wildman–Crippen LogP) is 2.66. The average molecular weight is 280 g/mol. The number of benzene rings is 1. The minimum absolute atomic E-state index is 0.126. The Morgan fingerprint density at radius 1 is 1.59 bits per heavy atom. The Balaban J connectivity index is 3.07. The van der Waals surface area contributed by atoms with Gasteiger partial charge in [0.1, 0.15) is 16.5 Å². The van der Waals surface area contributed by atoms with Gasteiger partial charge in [-0.3, -0.25) is 0 Å². The van der Waals surface area contributed by atoms with E-state index in [2.05, 4.69) is 4.72 Å². The van der Waals surface area contributed by atoms with E-state index in [1.54, 1.807) is 0 Å². The standard InChI is InChI=1S/C10H11ClFNO3S/c1-2-5-17(16)13-7-4-3-6(11)8(9(7)12)10(14)15/h3-4,13H,2,5H2,1H3,(H,14,15). The number of carboxylic acid groups (broad SMARTS) is 1. The maximum atomic E-state index is 13.7. The van der Waals surface area contributed by atoms with Crippen molar-refractivity contribution in [3.05, 3.63) is 28.5 Å². The first-order chi connectivity index (χ1) is 7.97. The fourth-order valence-corrected chi connectivity index (χ4v) is 2.29. The fourth-order valence-electron chi connectivity index (χ4n) is 1.19. The van der Waals surface area contributed by atoms with Crippen molar-refractivity contribution in [3.63, 3.8) is 0 Å². The summed E-state index contributed by atoms with van der Waals surface area (Å²) in [6, 6.07) is 2.51. The number of rotatable bonds is 5. The van der Waals surface area contributed by atoms with Gasteiger partial charge in [-0.05, 0) is 18.6 Å². The van der Waals surface area contributed by atoms with E-state index < -0.39 is 28.3 Å². The van der Waals surface area contributed by atoms with Crippen molar-refractivity contribution < 1.29 is 18.5 Å². The van der Waals surface area contributed by atoms with E-state index in [1.165, 1.54) is 12.1 Å². The summed E-state index contributed by atoms with van der Waals surface area (Å²) in [5, 5.41) is 8.59. The van der Waals surface area contributed by atoms with Gasteiger partial charge in [0.15, 0.2) is 5.82 Å². The Morgan fingerprint density at radius 3 is 2.76 bits per heavy atom. The Morgan fingerprint density at radius 2 is 2.24 bits per heavy atom. The van der Waals surface area contributed by atoms with E-state index in [0.717, 1.165) is 0 Å². The molecule has 1 aromatic carbocycles. The third-order valence-electron chi connectivity index (χ3n) is 1.92. The summed E-state index contributed by atoms with van der Waals surface area (Å²) in [6.07, 6.45) is 0.667. The van der Waals surface area contributed by atoms with Gasteiger partial charge >= 0.3 is 5.97 Å². The van der Waals surface area contributed by atoms with Crippen LogP contribution in [0.5, 0.6) is 0 Å². The van der Waals surface area contributed by atoms with E-state index in [0.29, 0.717) is 12.2 Å². The average Bonchev–Trinajstić information content (AvgIpc) is 2.22. The molecule has 0 saturated heterocycles. The minimum Gasteiger partial charge on any atom is -0.478 e. The van der Waals surface area contributed by atoms with Crippen LogP contribution in [0.15, 0.2) is 12.1 Å². The van der Waals surface area contributed by atoms with Gasteiger partial charge in [0.2, 0.25) is 0 Å². The number of anilines is 1. The fraction of sp³-hybridized carbons (Fsp3) is 0.300. The summed E-state index contributed by atoms with van der Waals surface area (Å²) in [5.74, 6) is -2.11. The lowest BCUT2D eigenvalue weighted by atomic mass is 10.2. The van der Waals surface area contributed by atoms with Gasteiger partial charge in [-0.2, -0.15) is 0 Å². The first-order valence-corrected chi connectivity index (χ1v) is 6.53. The van der Waals surface area contributed by atoms with Crippen molar-refractivity contribution in [1.29, 1.82) is 0 Å². The Bertz CT molecular complexity index is 467. The second kappa shape index (κ2) is 5.97. The third kappa shape index (κ3) is 3.41. The molecule has 1 rings (SSSR count). The molecule has 0 saturated carbocycles. The molecule has 17 heavy (non-hydrogen) atoms. The van der Waals surface area contributed by atoms with Crippen molar-refractivity contribution in [3.8, 4) is 0 Å². The molecule has 1 aromatic rings. The topological polar surface area (TPSA) is 66.4 Å². The van der Waals surface area contributed by atoms with Crippen molar-refractivity contribution in [2.24, 2.45) is 0 Å². The molecule has 0 bridgehead atoms. The summed E-state index contributed by atoms with van der Waals surface area (Å²) in [5.41, 5.74) is -0.747. The summed E-state index contributed by atoms with van der Waals surface area (Å²) in [7, 11) is -1.44. The zero-order valence-corrected chi connectivity index (χ0v) is 10.6. The third-order valence-corrected chi connectivity index (χ3v) is 3.46. The lowest BCUT2D eigenvalue weighted by molar-refractivity contribution is 0.0692. The van der Waals surface area contributed by atoms with Gasteiger partial charge in [-0.25, -0.2) is 13.4 Å². The van der Waals surface area contributed by atoms with Crippen LogP contribution in [0.4, 0.5) is 10.1 Å². The zero-order chi connectivity index (χ0) is 13.0. The molecule has 94 valence electrons. The smallest absolute Gasteiger partial charge is 0.340 e. The zero-order valence-electron chi connectivity index (χ0n) is 9.00. The van der Waals surface area contributed by atoms with Crippen molar-refractivity contribution >= 4 is 34.2 Å². The predicted molar refractivity (Wildman–Crippen MR) is 65.3 cm³/mol. The largest absolute Gasteiger partial charge is 0.478 e. The van der Waals surface area contributed by atoms with Gasteiger partial charge < -0.3 is 9.83 Å². The molecule has 0 aliphatic carbocycles. The molecular formula is C10H11ClFNO3S. The molecule has 4 nitrogen and oxygen atoms in total. The summed E-state index contributed by atoms with van der Waals surface area (Å²) in [6.45, 7) is 1.83. The number of hydrogen-bond donors (Lipinski definition) is 2. The molecule has 1 atom stereocenters. The lowest BCUT2D eigenvalue weighted by Crippen LogP contribution is -2.11. The van der Waals surface area contributed by atoms with Crippen LogP contribution in [0.1, 0.15) is 23.7 Å². The maximum Gasteiger partial charge on any atom is 0.340 e. The highest BCUT2D eigenvalue weighted by Crippen LogP contribution is 2.26. The molecule has 2 N–H and O–H groups in total. The molecule has 0 aliphatic rings. The van der Waals surface area contributed by atoms with E-state index in [4.69, 9.17) is 16.7 Å². The molecule has 0 fully saturated rings. The molecule has 0 spiro atoms.